The monoisotopic (exact) mass is 639 g/mol. The molecule has 4 aromatic carbocycles. The summed E-state index contributed by atoms with van der Waals surface area (Å²) in [6, 6.07) is 21.8. The zero-order valence-corrected chi connectivity index (χ0v) is 26.3. The minimum atomic E-state index is -1.18. The van der Waals surface area contributed by atoms with Crippen molar-refractivity contribution in [2.45, 2.75) is 19.1 Å². The molecule has 0 saturated heterocycles. The van der Waals surface area contributed by atoms with Crippen LogP contribution in [0.2, 0.25) is 0 Å². The minimum Gasteiger partial charge on any atom is -0.497 e. The first kappa shape index (κ1) is 31.0. The van der Waals surface area contributed by atoms with Gasteiger partial charge in [-0.2, -0.15) is 0 Å². The summed E-state index contributed by atoms with van der Waals surface area (Å²) in [5, 5.41) is 11.4. The molecule has 1 aliphatic heterocycles. The van der Waals surface area contributed by atoms with Crippen molar-refractivity contribution in [1.29, 1.82) is 0 Å². The van der Waals surface area contributed by atoms with E-state index in [0.717, 1.165) is 5.56 Å². The molecule has 2 heterocycles. The van der Waals surface area contributed by atoms with Crippen LogP contribution in [0, 0.1) is 0 Å². The number of fused-ring (bicyclic) bond motifs is 2. The normalized spacial score (nSPS) is 12.3. The van der Waals surface area contributed by atoms with Crippen molar-refractivity contribution in [3.63, 3.8) is 0 Å². The maximum Gasteiger partial charge on any atom is 0.251 e. The molecule has 2 amide bonds. The number of amides is 2. The van der Waals surface area contributed by atoms with Gasteiger partial charge in [0.2, 0.25) is 18.4 Å². The number of carbonyl (C=O) groups is 2. The number of nitrogens with one attached hydrogen (secondary N) is 1. The highest BCUT2D eigenvalue weighted by atomic mass is 16.7. The summed E-state index contributed by atoms with van der Waals surface area (Å²) < 4.78 is 34.6. The van der Waals surface area contributed by atoms with E-state index < -0.39 is 17.9 Å². The summed E-state index contributed by atoms with van der Waals surface area (Å²) in [7, 11) is 6.04. The lowest BCUT2D eigenvalue weighted by Crippen LogP contribution is -2.42. The Morgan fingerprint density at radius 3 is 2.30 bits per heavy atom. The molecule has 0 unspecified atom stereocenters. The summed E-state index contributed by atoms with van der Waals surface area (Å²) >= 11 is 0. The van der Waals surface area contributed by atoms with Crippen molar-refractivity contribution >= 4 is 28.5 Å². The number of benzene rings is 4. The fraction of sp³-hybridized carbons (Fsp3) is 0.235. The molecular weight excluding hydrogens is 606 g/mol. The predicted molar refractivity (Wildman–Crippen MR) is 171 cm³/mol. The van der Waals surface area contributed by atoms with Crippen LogP contribution in [-0.2, 0) is 22.7 Å². The average Bonchev–Trinajstić information content (AvgIpc) is 3.74. The third-order valence-corrected chi connectivity index (χ3v) is 7.74. The van der Waals surface area contributed by atoms with Gasteiger partial charge >= 0.3 is 0 Å². The highest BCUT2D eigenvalue weighted by Crippen LogP contribution is 2.42. The summed E-state index contributed by atoms with van der Waals surface area (Å²) in [6.07, 6.45) is 0. The zero-order valence-electron chi connectivity index (χ0n) is 26.3. The van der Waals surface area contributed by atoms with Gasteiger partial charge in [0.05, 0.1) is 34.0 Å². The van der Waals surface area contributed by atoms with Crippen molar-refractivity contribution in [3.05, 3.63) is 90.0 Å². The van der Waals surface area contributed by atoms with Crippen molar-refractivity contribution < 1.29 is 38.0 Å². The van der Waals surface area contributed by atoms with E-state index in [-0.39, 0.29) is 19.9 Å². The second-order valence-corrected chi connectivity index (χ2v) is 10.5. The topological polar surface area (TPSA) is 136 Å². The van der Waals surface area contributed by atoms with Crippen LogP contribution in [0.4, 0.5) is 5.69 Å². The van der Waals surface area contributed by atoms with Gasteiger partial charge in [0.25, 0.3) is 5.91 Å². The van der Waals surface area contributed by atoms with Gasteiger partial charge in [-0.05, 0) is 59.7 Å². The number of aromatic nitrogens is 3. The Kier molecular flexibility index (Phi) is 8.95. The first-order valence-electron chi connectivity index (χ1n) is 14.6. The van der Waals surface area contributed by atoms with Crippen LogP contribution in [0.3, 0.4) is 0 Å². The standard InChI is InChI=1S/C34H33N5O8/c1-42-24-12-9-21(10-13-24)18-38(31(40)19-39-26-8-6-5-7-25(26)36-37-39)32(22-15-29(43-2)33(45-4)30(16-22)44-3)34(41)35-23-11-14-27-28(17-23)47-20-46-27/h5-17,32H,18-20H2,1-4H3,(H,35,41)/t32-/m1/s1. The highest BCUT2D eigenvalue weighted by Gasteiger charge is 2.34. The quantitative estimate of drug-likeness (QED) is 0.206. The molecular formula is C34H33N5O8. The van der Waals surface area contributed by atoms with Gasteiger partial charge in [0.15, 0.2) is 23.0 Å². The van der Waals surface area contributed by atoms with E-state index in [1.165, 1.54) is 30.9 Å². The van der Waals surface area contributed by atoms with Crippen LogP contribution < -0.4 is 33.7 Å². The Morgan fingerprint density at radius 2 is 1.60 bits per heavy atom. The highest BCUT2D eigenvalue weighted by molar-refractivity contribution is 5.98. The molecule has 1 N–H and O–H groups in total. The van der Waals surface area contributed by atoms with Crippen molar-refractivity contribution in [1.82, 2.24) is 19.9 Å². The van der Waals surface area contributed by atoms with E-state index in [2.05, 4.69) is 15.6 Å². The molecule has 1 aromatic heterocycles. The molecule has 0 radical (unpaired) electrons. The van der Waals surface area contributed by atoms with Crippen LogP contribution in [0.15, 0.2) is 78.9 Å². The Bertz CT molecular complexity index is 1880. The average molecular weight is 640 g/mol. The summed E-state index contributed by atoms with van der Waals surface area (Å²) in [5.74, 6) is 1.82. The van der Waals surface area contributed by atoms with Gasteiger partial charge in [-0.3, -0.25) is 9.59 Å². The molecule has 13 heteroatoms. The van der Waals surface area contributed by atoms with E-state index >= 15 is 0 Å². The fourth-order valence-electron chi connectivity index (χ4n) is 5.42. The molecule has 0 saturated carbocycles. The number of hydrogen-bond acceptors (Lipinski definition) is 10. The molecule has 0 aliphatic carbocycles. The Morgan fingerprint density at radius 1 is 0.872 bits per heavy atom. The SMILES string of the molecule is COc1ccc(CN(C(=O)Cn2nnc3ccccc32)[C@@H](C(=O)Nc2ccc3c(c2)OCO3)c2cc(OC)c(OC)c(OC)c2)cc1. The summed E-state index contributed by atoms with van der Waals surface area (Å²) in [4.78, 5) is 30.4. The molecule has 6 rings (SSSR count). The molecule has 0 bridgehead atoms. The van der Waals surface area contributed by atoms with Gasteiger partial charge in [0.1, 0.15) is 23.9 Å². The van der Waals surface area contributed by atoms with Crippen LogP contribution >= 0.6 is 0 Å². The second kappa shape index (κ2) is 13.6. The van der Waals surface area contributed by atoms with Crippen molar-refractivity contribution in [2.75, 3.05) is 40.5 Å². The van der Waals surface area contributed by atoms with Gasteiger partial charge in [0, 0.05) is 18.3 Å². The van der Waals surface area contributed by atoms with Gasteiger partial charge in [-0.15, -0.1) is 5.10 Å². The predicted octanol–water partition coefficient (Wildman–Crippen LogP) is 4.60. The summed E-state index contributed by atoms with van der Waals surface area (Å²) in [6.45, 7) is -0.0395. The zero-order chi connectivity index (χ0) is 32.9. The van der Waals surface area contributed by atoms with Gasteiger partial charge in [-0.1, -0.05) is 29.5 Å². The lowest BCUT2D eigenvalue weighted by atomic mass is 10.0. The molecule has 1 aliphatic rings. The molecule has 0 fully saturated rings. The smallest absolute Gasteiger partial charge is 0.251 e. The largest absolute Gasteiger partial charge is 0.497 e. The third-order valence-electron chi connectivity index (χ3n) is 7.74. The van der Waals surface area contributed by atoms with Crippen LogP contribution in [0.5, 0.6) is 34.5 Å². The molecule has 47 heavy (non-hydrogen) atoms. The maximum absolute atomic E-state index is 14.5. The Hall–Kier alpha value is -5.98. The number of carbonyl (C=O) groups excluding carboxylic acids is 2. The Labute approximate surface area is 270 Å². The lowest BCUT2D eigenvalue weighted by molar-refractivity contribution is -0.140. The summed E-state index contributed by atoms with van der Waals surface area (Å²) in [5.41, 5.74) is 2.96. The van der Waals surface area contributed by atoms with Crippen LogP contribution in [0.25, 0.3) is 11.0 Å². The van der Waals surface area contributed by atoms with E-state index in [4.69, 9.17) is 28.4 Å². The molecule has 5 aromatic rings. The van der Waals surface area contributed by atoms with Gasteiger partial charge in [-0.25, -0.2) is 4.68 Å². The second-order valence-electron chi connectivity index (χ2n) is 10.5. The Balaban J connectivity index is 1.46. The maximum atomic E-state index is 14.5. The number of ether oxygens (including phenoxy) is 6. The number of methoxy groups -OCH3 is 4. The first-order chi connectivity index (χ1) is 22.9. The first-order valence-corrected chi connectivity index (χ1v) is 14.6. The van der Waals surface area contributed by atoms with Crippen LogP contribution in [0.1, 0.15) is 17.2 Å². The molecule has 13 nitrogen and oxygen atoms in total. The molecule has 242 valence electrons. The number of rotatable bonds is 12. The van der Waals surface area contributed by atoms with E-state index in [1.807, 2.05) is 36.4 Å². The number of hydrogen-bond donors (Lipinski definition) is 1. The van der Waals surface area contributed by atoms with Gasteiger partial charge < -0.3 is 38.6 Å². The third kappa shape index (κ3) is 6.41. The van der Waals surface area contributed by atoms with Crippen molar-refractivity contribution in [3.8, 4) is 34.5 Å². The molecule has 0 spiro atoms. The lowest BCUT2D eigenvalue weighted by Gasteiger charge is -2.32. The van der Waals surface area contributed by atoms with E-state index in [9.17, 15) is 9.59 Å². The van der Waals surface area contributed by atoms with E-state index in [0.29, 0.717) is 56.8 Å². The fourth-order valence-corrected chi connectivity index (χ4v) is 5.42. The van der Waals surface area contributed by atoms with Crippen LogP contribution in [-0.4, -0.2) is 66.9 Å². The number of anilines is 1. The van der Waals surface area contributed by atoms with Crippen molar-refractivity contribution in [2.24, 2.45) is 0 Å². The molecule has 1 atom stereocenters. The number of para-hydroxylation sites is 1. The minimum absolute atomic E-state index is 0.0609. The van der Waals surface area contributed by atoms with E-state index in [1.54, 1.807) is 49.6 Å². The number of nitrogens with zero attached hydrogens (tertiary/aromatic N) is 4.